The third kappa shape index (κ3) is 2.86. The standard InChI is InChI=1S/C12H18ClNO/c1-12(2,6-7-14)9-4-5-11(15-3)10(13)8-9/h4-5,8H,6-7,14H2,1-3H3. The lowest BCUT2D eigenvalue weighted by Gasteiger charge is -2.25. The van der Waals surface area contributed by atoms with Gasteiger partial charge in [0.1, 0.15) is 5.75 Å². The fraction of sp³-hybridized carbons (Fsp3) is 0.500. The molecule has 1 aromatic carbocycles. The maximum absolute atomic E-state index is 6.08. The Labute approximate surface area is 96.4 Å². The Kier molecular flexibility index (Phi) is 4.00. The van der Waals surface area contributed by atoms with Crippen LogP contribution >= 0.6 is 11.6 Å². The van der Waals surface area contributed by atoms with Crippen LogP contribution in [0.15, 0.2) is 18.2 Å². The van der Waals surface area contributed by atoms with E-state index in [0.29, 0.717) is 17.3 Å². The smallest absolute Gasteiger partial charge is 0.137 e. The van der Waals surface area contributed by atoms with E-state index in [-0.39, 0.29) is 5.41 Å². The van der Waals surface area contributed by atoms with Crippen molar-refractivity contribution in [1.29, 1.82) is 0 Å². The van der Waals surface area contributed by atoms with Crippen LogP contribution in [0.5, 0.6) is 5.75 Å². The van der Waals surface area contributed by atoms with E-state index in [4.69, 9.17) is 22.1 Å². The molecule has 0 amide bonds. The average molecular weight is 228 g/mol. The van der Waals surface area contributed by atoms with Gasteiger partial charge in [0.15, 0.2) is 0 Å². The molecule has 0 saturated carbocycles. The molecule has 0 aromatic heterocycles. The normalized spacial score (nSPS) is 11.5. The van der Waals surface area contributed by atoms with Crippen LogP contribution in [0.4, 0.5) is 0 Å². The Morgan fingerprint density at radius 1 is 1.40 bits per heavy atom. The molecule has 0 heterocycles. The highest BCUT2D eigenvalue weighted by molar-refractivity contribution is 6.32. The third-order valence-corrected chi connectivity index (χ3v) is 3.00. The van der Waals surface area contributed by atoms with Crippen molar-refractivity contribution in [3.8, 4) is 5.75 Å². The number of methoxy groups -OCH3 is 1. The summed E-state index contributed by atoms with van der Waals surface area (Å²) >= 11 is 6.08. The number of rotatable bonds is 4. The first-order valence-corrected chi connectivity index (χ1v) is 5.43. The van der Waals surface area contributed by atoms with Gasteiger partial charge in [-0.15, -0.1) is 0 Å². The Bertz CT molecular complexity index is 336. The fourth-order valence-corrected chi connectivity index (χ4v) is 1.85. The summed E-state index contributed by atoms with van der Waals surface area (Å²) in [6, 6.07) is 5.90. The fourth-order valence-electron chi connectivity index (χ4n) is 1.59. The van der Waals surface area contributed by atoms with E-state index < -0.39 is 0 Å². The van der Waals surface area contributed by atoms with Gasteiger partial charge in [-0.2, -0.15) is 0 Å². The van der Waals surface area contributed by atoms with Crippen LogP contribution in [0.25, 0.3) is 0 Å². The molecular weight excluding hydrogens is 210 g/mol. The van der Waals surface area contributed by atoms with Crippen molar-refractivity contribution in [2.75, 3.05) is 13.7 Å². The summed E-state index contributed by atoms with van der Waals surface area (Å²) in [5, 5.41) is 0.653. The molecule has 0 bridgehead atoms. The number of nitrogens with two attached hydrogens (primary N) is 1. The lowest BCUT2D eigenvalue weighted by Crippen LogP contribution is -2.21. The van der Waals surface area contributed by atoms with Crippen molar-refractivity contribution >= 4 is 11.6 Å². The molecule has 0 atom stereocenters. The molecule has 0 aliphatic carbocycles. The van der Waals surface area contributed by atoms with E-state index in [1.165, 1.54) is 5.56 Å². The predicted octanol–water partition coefficient (Wildman–Crippen LogP) is 2.98. The van der Waals surface area contributed by atoms with Crippen LogP contribution in [0.3, 0.4) is 0 Å². The molecule has 1 aromatic rings. The zero-order chi connectivity index (χ0) is 11.5. The molecule has 84 valence electrons. The summed E-state index contributed by atoms with van der Waals surface area (Å²) < 4.78 is 5.12. The van der Waals surface area contributed by atoms with Crippen molar-refractivity contribution in [2.24, 2.45) is 5.73 Å². The number of halogens is 1. The molecule has 1 rings (SSSR count). The summed E-state index contributed by atoms with van der Waals surface area (Å²) in [4.78, 5) is 0. The topological polar surface area (TPSA) is 35.2 Å². The minimum Gasteiger partial charge on any atom is -0.495 e. The number of hydrogen-bond acceptors (Lipinski definition) is 2. The van der Waals surface area contributed by atoms with Crippen molar-refractivity contribution in [1.82, 2.24) is 0 Å². The molecular formula is C12H18ClNO. The third-order valence-electron chi connectivity index (χ3n) is 2.70. The van der Waals surface area contributed by atoms with Crippen LogP contribution < -0.4 is 10.5 Å². The molecule has 0 aliphatic rings. The van der Waals surface area contributed by atoms with Crippen LogP contribution in [0.2, 0.25) is 5.02 Å². The molecule has 15 heavy (non-hydrogen) atoms. The van der Waals surface area contributed by atoms with Gasteiger partial charge >= 0.3 is 0 Å². The van der Waals surface area contributed by atoms with Gasteiger partial charge in [0, 0.05) is 0 Å². The van der Waals surface area contributed by atoms with Crippen molar-refractivity contribution in [2.45, 2.75) is 25.7 Å². The second-order valence-corrected chi connectivity index (χ2v) is 4.68. The first-order chi connectivity index (χ1) is 7.01. The first kappa shape index (κ1) is 12.3. The second kappa shape index (κ2) is 4.86. The Hall–Kier alpha value is -0.730. The van der Waals surface area contributed by atoms with Gasteiger partial charge in [-0.1, -0.05) is 31.5 Å². The van der Waals surface area contributed by atoms with Crippen molar-refractivity contribution in [3.63, 3.8) is 0 Å². The first-order valence-electron chi connectivity index (χ1n) is 5.05. The maximum atomic E-state index is 6.08. The van der Waals surface area contributed by atoms with Gasteiger partial charge in [-0.25, -0.2) is 0 Å². The summed E-state index contributed by atoms with van der Waals surface area (Å²) in [5.74, 6) is 0.712. The highest BCUT2D eigenvalue weighted by Gasteiger charge is 2.20. The van der Waals surface area contributed by atoms with Crippen LogP contribution in [0.1, 0.15) is 25.8 Å². The SMILES string of the molecule is COc1ccc(C(C)(C)CCN)cc1Cl. The van der Waals surface area contributed by atoms with Crippen molar-refractivity contribution < 1.29 is 4.74 Å². The van der Waals surface area contributed by atoms with Crippen LogP contribution in [-0.2, 0) is 5.41 Å². The van der Waals surface area contributed by atoms with Gasteiger partial charge in [0.2, 0.25) is 0 Å². The summed E-state index contributed by atoms with van der Waals surface area (Å²) in [6.45, 7) is 5.01. The molecule has 0 aliphatic heterocycles. The predicted molar refractivity (Wildman–Crippen MR) is 64.7 cm³/mol. The maximum Gasteiger partial charge on any atom is 0.137 e. The van der Waals surface area contributed by atoms with Crippen LogP contribution in [0, 0.1) is 0 Å². The summed E-state index contributed by atoms with van der Waals surface area (Å²) in [5.41, 5.74) is 6.84. The minimum absolute atomic E-state index is 0.0602. The van der Waals surface area contributed by atoms with Gasteiger partial charge in [0.25, 0.3) is 0 Å². The summed E-state index contributed by atoms with van der Waals surface area (Å²) in [7, 11) is 1.62. The second-order valence-electron chi connectivity index (χ2n) is 4.27. The zero-order valence-electron chi connectivity index (χ0n) is 9.51. The van der Waals surface area contributed by atoms with E-state index in [1.54, 1.807) is 7.11 Å². The number of benzene rings is 1. The van der Waals surface area contributed by atoms with E-state index in [1.807, 2.05) is 18.2 Å². The van der Waals surface area contributed by atoms with Gasteiger partial charge in [0.05, 0.1) is 12.1 Å². The molecule has 2 nitrogen and oxygen atoms in total. The molecule has 2 N–H and O–H groups in total. The lowest BCUT2D eigenvalue weighted by atomic mass is 9.81. The van der Waals surface area contributed by atoms with E-state index >= 15 is 0 Å². The van der Waals surface area contributed by atoms with E-state index in [0.717, 1.165) is 6.42 Å². The molecule has 3 heteroatoms. The van der Waals surface area contributed by atoms with Crippen molar-refractivity contribution in [3.05, 3.63) is 28.8 Å². The number of ether oxygens (including phenoxy) is 1. The zero-order valence-corrected chi connectivity index (χ0v) is 10.3. The highest BCUT2D eigenvalue weighted by atomic mass is 35.5. The van der Waals surface area contributed by atoms with Gasteiger partial charge < -0.3 is 10.5 Å². The average Bonchev–Trinajstić information content (AvgIpc) is 2.17. The Morgan fingerprint density at radius 3 is 2.53 bits per heavy atom. The Balaban J connectivity index is 3.01. The Morgan fingerprint density at radius 2 is 2.07 bits per heavy atom. The minimum atomic E-state index is 0.0602. The largest absolute Gasteiger partial charge is 0.495 e. The van der Waals surface area contributed by atoms with Gasteiger partial charge in [-0.05, 0) is 36.1 Å². The lowest BCUT2D eigenvalue weighted by molar-refractivity contribution is 0.414. The monoisotopic (exact) mass is 227 g/mol. The van der Waals surface area contributed by atoms with Crippen LogP contribution in [-0.4, -0.2) is 13.7 Å². The molecule has 0 fully saturated rings. The molecule has 0 saturated heterocycles. The molecule has 0 unspecified atom stereocenters. The van der Waals surface area contributed by atoms with Gasteiger partial charge in [-0.3, -0.25) is 0 Å². The summed E-state index contributed by atoms with van der Waals surface area (Å²) in [6.07, 6.45) is 0.940. The molecule has 0 spiro atoms. The van der Waals surface area contributed by atoms with E-state index in [9.17, 15) is 0 Å². The number of hydrogen-bond donors (Lipinski definition) is 1. The quantitative estimate of drug-likeness (QED) is 0.859. The van der Waals surface area contributed by atoms with E-state index in [2.05, 4.69) is 13.8 Å². The highest BCUT2D eigenvalue weighted by Crippen LogP contribution is 2.32. The molecule has 0 radical (unpaired) electrons.